The van der Waals surface area contributed by atoms with E-state index in [1.165, 1.54) is 4.57 Å². The maximum Gasteiger partial charge on any atom is 0.293 e. The summed E-state index contributed by atoms with van der Waals surface area (Å²) in [6, 6.07) is 13.5. The zero-order valence-corrected chi connectivity index (χ0v) is 18.9. The first-order chi connectivity index (χ1) is 16.1. The van der Waals surface area contributed by atoms with Crippen molar-refractivity contribution in [1.82, 2.24) is 19.9 Å². The van der Waals surface area contributed by atoms with Crippen molar-refractivity contribution in [3.8, 4) is 0 Å². The summed E-state index contributed by atoms with van der Waals surface area (Å²) in [5, 5.41) is 5.96. The van der Waals surface area contributed by atoms with E-state index in [0.29, 0.717) is 25.2 Å². The number of carbonyl (C=O) groups is 1. The van der Waals surface area contributed by atoms with E-state index in [2.05, 4.69) is 25.6 Å². The second kappa shape index (κ2) is 12.1. The summed E-state index contributed by atoms with van der Waals surface area (Å²) in [6.07, 6.45) is 9.48. The number of aromatic nitrogens is 3. The minimum Gasteiger partial charge on any atom is -0.365 e. The molecule has 0 spiro atoms. The van der Waals surface area contributed by atoms with Crippen LogP contribution in [0.4, 0.5) is 5.82 Å². The second-order valence-corrected chi connectivity index (χ2v) is 7.38. The first-order valence-corrected chi connectivity index (χ1v) is 10.7. The van der Waals surface area contributed by atoms with Crippen LogP contribution in [0.25, 0.3) is 6.08 Å². The molecule has 0 saturated carbocycles. The molecule has 1 aromatic carbocycles. The molecule has 0 radical (unpaired) electrons. The molecule has 0 atom stereocenters. The number of carbonyl (C=O) groups excluding carboxylic acids is 1. The van der Waals surface area contributed by atoms with E-state index in [1.54, 1.807) is 32.6 Å². The third-order valence-corrected chi connectivity index (χ3v) is 5.00. The molecule has 8 heteroatoms. The van der Waals surface area contributed by atoms with Crippen LogP contribution in [0.3, 0.4) is 0 Å². The lowest BCUT2D eigenvalue weighted by molar-refractivity contribution is -0.121. The van der Waals surface area contributed by atoms with Crippen LogP contribution in [0.15, 0.2) is 70.7 Å². The Morgan fingerprint density at radius 1 is 1.15 bits per heavy atom. The van der Waals surface area contributed by atoms with Crippen LogP contribution >= 0.6 is 0 Å². The van der Waals surface area contributed by atoms with Crippen molar-refractivity contribution in [3.63, 3.8) is 0 Å². The number of anilines is 1. The Morgan fingerprint density at radius 2 is 1.97 bits per heavy atom. The van der Waals surface area contributed by atoms with Gasteiger partial charge >= 0.3 is 0 Å². The summed E-state index contributed by atoms with van der Waals surface area (Å²) in [7, 11) is 1.71. The number of benzene rings is 1. The van der Waals surface area contributed by atoms with Gasteiger partial charge in [0.1, 0.15) is 6.54 Å². The van der Waals surface area contributed by atoms with Crippen LogP contribution in [-0.2, 0) is 24.3 Å². The van der Waals surface area contributed by atoms with Gasteiger partial charge in [-0.3, -0.25) is 24.1 Å². The lowest BCUT2D eigenvalue weighted by atomic mass is 10.1. The normalized spacial score (nSPS) is 11.2. The van der Waals surface area contributed by atoms with Crippen molar-refractivity contribution in [3.05, 3.63) is 93.8 Å². The standard InChI is InChI=1S/C25H28N6O2/c1-19-16-30-24(28-15-12-22-11-5-6-14-27-22)25(33)31(19)18-23(32)29-17-21-9-4-3-8-20(21)10-7-13-26-2/h3-11,13-14,16H,12,15,17-18H2,1-2H3,(H,28,30)(H,29,32). The third-order valence-electron chi connectivity index (χ3n) is 5.00. The SMILES string of the molecule is CN=CC=Cc1ccccc1CNC(=O)Cn1c(C)cnc(NCCc2ccccn2)c1=O. The Labute approximate surface area is 193 Å². The van der Waals surface area contributed by atoms with Gasteiger partial charge in [0.05, 0.1) is 0 Å². The number of nitrogens with zero attached hydrogens (tertiary/aromatic N) is 4. The molecule has 3 aromatic rings. The van der Waals surface area contributed by atoms with Crippen LogP contribution in [0.2, 0.25) is 0 Å². The molecule has 2 heterocycles. The van der Waals surface area contributed by atoms with Crippen LogP contribution in [0.5, 0.6) is 0 Å². The van der Waals surface area contributed by atoms with Crippen molar-refractivity contribution in [1.29, 1.82) is 0 Å². The number of aryl methyl sites for hydroxylation is 1. The molecule has 0 unspecified atom stereocenters. The molecular weight excluding hydrogens is 416 g/mol. The molecule has 33 heavy (non-hydrogen) atoms. The molecule has 2 aromatic heterocycles. The molecule has 170 valence electrons. The van der Waals surface area contributed by atoms with E-state index >= 15 is 0 Å². The summed E-state index contributed by atoms with van der Waals surface area (Å²) in [4.78, 5) is 37.9. The smallest absolute Gasteiger partial charge is 0.293 e. The van der Waals surface area contributed by atoms with Gasteiger partial charge in [-0.05, 0) is 36.3 Å². The van der Waals surface area contributed by atoms with Gasteiger partial charge in [-0.15, -0.1) is 0 Å². The van der Waals surface area contributed by atoms with Gasteiger partial charge < -0.3 is 10.6 Å². The largest absolute Gasteiger partial charge is 0.365 e. The molecular formula is C25H28N6O2. The molecule has 0 saturated heterocycles. The van der Waals surface area contributed by atoms with Crippen molar-refractivity contribution >= 4 is 24.0 Å². The monoisotopic (exact) mass is 444 g/mol. The number of nitrogens with one attached hydrogen (secondary N) is 2. The highest BCUT2D eigenvalue weighted by Gasteiger charge is 2.12. The summed E-state index contributed by atoms with van der Waals surface area (Å²) in [6.45, 7) is 2.55. The zero-order chi connectivity index (χ0) is 23.5. The highest BCUT2D eigenvalue weighted by atomic mass is 16.2. The van der Waals surface area contributed by atoms with Gasteiger partial charge in [0.15, 0.2) is 5.82 Å². The molecule has 2 N–H and O–H groups in total. The molecule has 0 aliphatic heterocycles. The number of aliphatic imine (C=N–C) groups is 1. The third kappa shape index (κ3) is 6.96. The molecule has 0 aliphatic rings. The molecule has 1 amide bonds. The number of rotatable bonds is 10. The molecule has 8 nitrogen and oxygen atoms in total. The lowest BCUT2D eigenvalue weighted by Gasteiger charge is -2.13. The molecule has 3 rings (SSSR count). The van der Waals surface area contributed by atoms with Crippen LogP contribution in [-0.4, -0.2) is 40.2 Å². The fraction of sp³-hybridized carbons (Fsp3) is 0.240. The van der Waals surface area contributed by atoms with Crippen LogP contribution < -0.4 is 16.2 Å². The van der Waals surface area contributed by atoms with Gasteiger partial charge in [-0.2, -0.15) is 0 Å². The van der Waals surface area contributed by atoms with Gasteiger partial charge in [0.25, 0.3) is 5.56 Å². The number of hydrogen-bond acceptors (Lipinski definition) is 6. The van der Waals surface area contributed by atoms with Gasteiger partial charge in [0.2, 0.25) is 5.91 Å². The van der Waals surface area contributed by atoms with E-state index < -0.39 is 0 Å². The minimum absolute atomic E-state index is 0.0807. The highest BCUT2D eigenvalue weighted by molar-refractivity contribution is 5.79. The highest BCUT2D eigenvalue weighted by Crippen LogP contribution is 2.10. The number of hydrogen-bond donors (Lipinski definition) is 2. The Bertz CT molecular complexity index is 1190. The predicted molar refractivity (Wildman–Crippen MR) is 131 cm³/mol. The van der Waals surface area contributed by atoms with Crippen molar-refractivity contribution in [2.45, 2.75) is 26.4 Å². The Hall–Kier alpha value is -4.07. The van der Waals surface area contributed by atoms with Crippen LogP contribution in [0.1, 0.15) is 22.5 Å². The Balaban J connectivity index is 1.62. The molecule has 0 aliphatic carbocycles. The van der Waals surface area contributed by atoms with E-state index in [-0.39, 0.29) is 23.8 Å². The maximum atomic E-state index is 12.9. The number of amides is 1. The summed E-state index contributed by atoms with van der Waals surface area (Å²) in [5.41, 5.74) is 3.19. The van der Waals surface area contributed by atoms with Gasteiger partial charge in [-0.1, -0.05) is 36.4 Å². The van der Waals surface area contributed by atoms with Crippen molar-refractivity contribution in [2.75, 3.05) is 18.9 Å². The van der Waals surface area contributed by atoms with E-state index in [4.69, 9.17) is 0 Å². The maximum absolute atomic E-state index is 12.9. The Kier molecular flexibility index (Phi) is 8.64. The summed E-state index contributed by atoms with van der Waals surface area (Å²) < 4.78 is 1.43. The zero-order valence-electron chi connectivity index (χ0n) is 18.9. The Morgan fingerprint density at radius 3 is 2.76 bits per heavy atom. The molecule has 0 fully saturated rings. The van der Waals surface area contributed by atoms with Crippen molar-refractivity contribution in [2.24, 2.45) is 4.99 Å². The average molecular weight is 445 g/mol. The summed E-state index contributed by atoms with van der Waals surface area (Å²) >= 11 is 0. The quantitative estimate of drug-likeness (QED) is 0.468. The van der Waals surface area contributed by atoms with Crippen molar-refractivity contribution < 1.29 is 4.79 Å². The minimum atomic E-state index is -0.326. The van der Waals surface area contributed by atoms with Gasteiger partial charge in [-0.25, -0.2) is 4.98 Å². The number of pyridine rings is 1. The second-order valence-electron chi connectivity index (χ2n) is 7.38. The van der Waals surface area contributed by atoms with E-state index in [1.807, 2.05) is 54.6 Å². The van der Waals surface area contributed by atoms with E-state index in [0.717, 1.165) is 16.8 Å². The summed E-state index contributed by atoms with van der Waals surface area (Å²) in [5.74, 6) is -0.0304. The van der Waals surface area contributed by atoms with Gasteiger partial charge in [0, 0.05) is 56.6 Å². The topological polar surface area (TPSA) is 101 Å². The predicted octanol–water partition coefficient (Wildman–Crippen LogP) is 2.63. The number of allylic oxidation sites excluding steroid dienone is 1. The lowest BCUT2D eigenvalue weighted by Crippen LogP contribution is -2.34. The fourth-order valence-corrected chi connectivity index (χ4v) is 3.23. The first-order valence-electron chi connectivity index (χ1n) is 10.7. The van der Waals surface area contributed by atoms with E-state index in [9.17, 15) is 9.59 Å². The average Bonchev–Trinajstić information content (AvgIpc) is 2.83. The van der Waals surface area contributed by atoms with Crippen LogP contribution in [0, 0.1) is 6.92 Å². The molecule has 0 bridgehead atoms. The fourth-order valence-electron chi connectivity index (χ4n) is 3.23. The first kappa shape index (κ1) is 23.6.